The Morgan fingerprint density at radius 1 is 1.00 bits per heavy atom. The van der Waals surface area contributed by atoms with Crippen LogP contribution in [-0.4, -0.2) is 25.8 Å². The van der Waals surface area contributed by atoms with E-state index in [1.165, 1.54) is 18.2 Å². The Hall–Kier alpha value is -5.05. The van der Waals surface area contributed by atoms with E-state index in [0.717, 1.165) is 11.3 Å². The fourth-order valence-electron chi connectivity index (χ4n) is 3.56. The molecule has 0 fully saturated rings. The summed E-state index contributed by atoms with van der Waals surface area (Å²) in [5.41, 5.74) is 4.24. The molecule has 2 aromatic heterocycles. The number of carbonyl (C=O) groups excluding carboxylic acids is 1. The van der Waals surface area contributed by atoms with E-state index in [1.54, 1.807) is 53.3 Å². The van der Waals surface area contributed by atoms with Gasteiger partial charge in [0.05, 0.1) is 16.2 Å². The van der Waals surface area contributed by atoms with E-state index in [9.17, 15) is 14.9 Å². The van der Waals surface area contributed by atoms with E-state index in [1.807, 2.05) is 31.2 Å². The van der Waals surface area contributed by atoms with E-state index in [0.29, 0.717) is 33.8 Å². The molecular formula is C26H19N5O4. The fourth-order valence-corrected chi connectivity index (χ4v) is 3.56. The second kappa shape index (κ2) is 9.06. The summed E-state index contributed by atoms with van der Waals surface area (Å²) in [5.74, 6) is 0.378. The molecule has 172 valence electrons. The molecule has 0 saturated carbocycles. The van der Waals surface area contributed by atoms with Gasteiger partial charge < -0.3 is 9.73 Å². The van der Waals surface area contributed by atoms with Crippen LogP contribution in [0.25, 0.3) is 34.1 Å². The number of aromatic nitrogens is 3. The van der Waals surface area contributed by atoms with Crippen LogP contribution < -0.4 is 5.32 Å². The Balaban J connectivity index is 1.29. The predicted octanol–water partition coefficient (Wildman–Crippen LogP) is 5.55. The molecule has 0 aliphatic rings. The molecule has 35 heavy (non-hydrogen) atoms. The lowest BCUT2D eigenvalue weighted by Crippen LogP contribution is -2.07. The number of hydrogen-bond acceptors (Lipinski definition) is 6. The minimum atomic E-state index is -0.461. The third-order valence-corrected chi connectivity index (χ3v) is 5.30. The molecule has 0 unspecified atom stereocenters. The van der Waals surface area contributed by atoms with Crippen molar-refractivity contribution in [2.75, 3.05) is 5.32 Å². The summed E-state index contributed by atoms with van der Waals surface area (Å²) >= 11 is 0. The molecule has 0 radical (unpaired) electrons. The van der Waals surface area contributed by atoms with E-state index in [4.69, 9.17) is 4.42 Å². The number of nitrogens with zero attached hydrogens (tertiary/aromatic N) is 4. The minimum absolute atomic E-state index is 0.0511. The Bertz CT molecular complexity index is 1580. The number of aryl methyl sites for hydroxylation is 1. The first-order chi connectivity index (χ1) is 17.0. The average Bonchev–Trinajstić information content (AvgIpc) is 3.50. The summed E-state index contributed by atoms with van der Waals surface area (Å²) in [5, 5.41) is 23.0. The quantitative estimate of drug-likeness (QED) is 0.200. The van der Waals surface area contributed by atoms with Crippen LogP contribution in [0, 0.1) is 17.0 Å². The topological polar surface area (TPSA) is 116 Å². The number of carbonyl (C=O) groups is 1. The summed E-state index contributed by atoms with van der Waals surface area (Å²) in [6.07, 6.45) is 2.83. The van der Waals surface area contributed by atoms with Crippen molar-refractivity contribution in [2.45, 2.75) is 6.92 Å². The van der Waals surface area contributed by atoms with Crippen molar-refractivity contribution in [3.8, 4) is 17.0 Å². The molecule has 0 aliphatic heterocycles. The Labute approximate surface area is 199 Å². The van der Waals surface area contributed by atoms with Crippen LogP contribution in [0.3, 0.4) is 0 Å². The van der Waals surface area contributed by atoms with Gasteiger partial charge in [-0.15, -0.1) is 10.2 Å². The number of benzene rings is 3. The van der Waals surface area contributed by atoms with Gasteiger partial charge in [-0.2, -0.15) is 4.80 Å². The first kappa shape index (κ1) is 21.8. The van der Waals surface area contributed by atoms with Crippen LogP contribution in [0.1, 0.15) is 11.3 Å². The molecule has 0 atom stereocenters. The van der Waals surface area contributed by atoms with Crippen molar-refractivity contribution < 1.29 is 14.1 Å². The number of anilines is 1. The predicted molar refractivity (Wildman–Crippen MR) is 132 cm³/mol. The van der Waals surface area contributed by atoms with Crippen molar-refractivity contribution in [2.24, 2.45) is 0 Å². The maximum Gasteiger partial charge on any atom is 0.280 e. The SMILES string of the molecule is Cc1ccc(-n2nc3ccc(NC(=O)/C=C/c4ccc(-c5ccccc5[N+](=O)[O-])o4)cc3n2)cc1. The van der Waals surface area contributed by atoms with Crippen molar-refractivity contribution in [1.82, 2.24) is 15.0 Å². The third kappa shape index (κ3) is 4.69. The summed E-state index contributed by atoms with van der Waals surface area (Å²) in [4.78, 5) is 24.8. The number of hydrogen-bond donors (Lipinski definition) is 1. The highest BCUT2D eigenvalue weighted by Gasteiger charge is 2.16. The van der Waals surface area contributed by atoms with Crippen molar-refractivity contribution in [3.63, 3.8) is 0 Å². The van der Waals surface area contributed by atoms with Crippen molar-refractivity contribution in [3.05, 3.63) is 106 Å². The molecule has 0 saturated heterocycles. The van der Waals surface area contributed by atoms with Gasteiger partial charge in [-0.25, -0.2) is 0 Å². The maximum atomic E-state index is 12.4. The van der Waals surface area contributed by atoms with Crippen molar-refractivity contribution >= 4 is 34.4 Å². The Morgan fingerprint density at radius 2 is 1.77 bits per heavy atom. The smallest absolute Gasteiger partial charge is 0.280 e. The lowest BCUT2D eigenvalue weighted by molar-refractivity contribution is -0.384. The number of fused-ring (bicyclic) bond motifs is 1. The number of nitrogens with one attached hydrogen (secondary N) is 1. The number of para-hydroxylation sites is 1. The summed E-state index contributed by atoms with van der Waals surface area (Å²) in [6.45, 7) is 2.01. The molecule has 9 nitrogen and oxygen atoms in total. The van der Waals surface area contributed by atoms with Gasteiger partial charge in [0, 0.05) is 17.8 Å². The average molecular weight is 465 g/mol. The molecule has 1 amide bonds. The van der Waals surface area contributed by atoms with Gasteiger partial charge in [-0.1, -0.05) is 29.8 Å². The highest BCUT2D eigenvalue weighted by atomic mass is 16.6. The van der Waals surface area contributed by atoms with Gasteiger partial charge in [0.25, 0.3) is 5.69 Å². The van der Waals surface area contributed by atoms with Crippen LogP contribution in [-0.2, 0) is 4.79 Å². The Kier molecular flexibility index (Phi) is 5.64. The maximum absolute atomic E-state index is 12.4. The molecule has 0 spiro atoms. The summed E-state index contributed by atoms with van der Waals surface area (Å²) in [6, 6.07) is 22.7. The number of amides is 1. The van der Waals surface area contributed by atoms with Gasteiger partial charge in [-0.3, -0.25) is 14.9 Å². The highest BCUT2D eigenvalue weighted by molar-refractivity contribution is 6.02. The molecule has 5 rings (SSSR count). The van der Waals surface area contributed by atoms with Crippen LogP contribution in [0.15, 0.2) is 89.4 Å². The van der Waals surface area contributed by atoms with E-state index < -0.39 is 4.92 Å². The van der Waals surface area contributed by atoms with E-state index >= 15 is 0 Å². The van der Waals surface area contributed by atoms with Gasteiger partial charge in [0.2, 0.25) is 5.91 Å². The Morgan fingerprint density at radius 3 is 2.57 bits per heavy atom. The number of rotatable bonds is 6. The lowest BCUT2D eigenvalue weighted by atomic mass is 10.1. The molecule has 5 aromatic rings. The van der Waals surface area contributed by atoms with Crippen LogP contribution in [0.5, 0.6) is 0 Å². The van der Waals surface area contributed by atoms with Gasteiger partial charge >= 0.3 is 0 Å². The fraction of sp³-hybridized carbons (Fsp3) is 0.0385. The first-order valence-corrected chi connectivity index (χ1v) is 10.7. The third-order valence-electron chi connectivity index (χ3n) is 5.30. The first-order valence-electron chi connectivity index (χ1n) is 10.7. The standard InChI is InChI=1S/C26H19N5O4/c1-17-6-9-19(10-7-17)30-28-22-13-8-18(16-23(22)29-30)27-26(32)15-12-20-11-14-25(35-20)21-4-2-3-5-24(21)31(33)34/h2-16H,1H3,(H,27,32)/b15-12+. The monoisotopic (exact) mass is 465 g/mol. The molecule has 1 N–H and O–H groups in total. The van der Waals surface area contributed by atoms with E-state index in [-0.39, 0.29) is 11.6 Å². The lowest BCUT2D eigenvalue weighted by Gasteiger charge is -2.01. The zero-order valence-electron chi connectivity index (χ0n) is 18.6. The number of nitro groups is 1. The zero-order valence-corrected chi connectivity index (χ0v) is 18.6. The summed E-state index contributed by atoms with van der Waals surface area (Å²) in [7, 11) is 0. The number of nitro benzene ring substituents is 1. The minimum Gasteiger partial charge on any atom is -0.456 e. The van der Waals surface area contributed by atoms with Gasteiger partial charge in [0.1, 0.15) is 22.6 Å². The van der Waals surface area contributed by atoms with Crippen molar-refractivity contribution in [1.29, 1.82) is 0 Å². The molecule has 0 aliphatic carbocycles. The van der Waals surface area contributed by atoms with Crippen LogP contribution in [0.4, 0.5) is 11.4 Å². The molecular weight excluding hydrogens is 446 g/mol. The zero-order chi connectivity index (χ0) is 24.4. The molecule has 3 aromatic carbocycles. The normalized spacial score (nSPS) is 11.2. The molecule has 0 bridgehead atoms. The summed E-state index contributed by atoms with van der Waals surface area (Å²) < 4.78 is 5.68. The second-order valence-electron chi connectivity index (χ2n) is 7.83. The highest BCUT2D eigenvalue weighted by Crippen LogP contribution is 2.31. The van der Waals surface area contributed by atoms with Crippen LogP contribution >= 0.6 is 0 Å². The largest absolute Gasteiger partial charge is 0.456 e. The molecule has 9 heteroatoms. The van der Waals surface area contributed by atoms with Crippen LogP contribution in [0.2, 0.25) is 0 Å². The van der Waals surface area contributed by atoms with Gasteiger partial charge in [0.15, 0.2) is 0 Å². The molecule has 2 heterocycles. The second-order valence-corrected chi connectivity index (χ2v) is 7.83. The van der Waals surface area contributed by atoms with E-state index in [2.05, 4.69) is 15.5 Å². The van der Waals surface area contributed by atoms with Gasteiger partial charge in [-0.05, 0) is 61.5 Å². The number of furan rings is 1.